The largest absolute Gasteiger partial charge is 0.354 e. The lowest BCUT2D eigenvalue weighted by Gasteiger charge is -2.02. The van der Waals surface area contributed by atoms with Crippen LogP contribution in [0.1, 0.15) is 0 Å². The van der Waals surface area contributed by atoms with Gasteiger partial charge in [0.2, 0.25) is 5.95 Å². The molecule has 3 aromatic rings. The van der Waals surface area contributed by atoms with E-state index >= 15 is 0 Å². The minimum atomic E-state index is 0.793. The Hall–Kier alpha value is -2.30. The summed E-state index contributed by atoms with van der Waals surface area (Å²) in [4.78, 5) is 7.66. The molecule has 17 heavy (non-hydrogen) atoms. The molecule has 0 radical (unpaired) electrons. The average Bonchev–Trinajstić information content (AvgIpc) is 2.96. The maximum absolute atomic E-state index is 4.44. The van der Waals surface area contributed by atoms with Crippen LogP contribution < -0.4 is 5.32 Å². The van der Waals surface area contributed by atoms with Gasteiger partial charge in [-0.05, 0) is 18.2 Å². The Morgan fingerprint density at radius 3 is 3.00 bits per heavy atom. The van der Waals surface area contributed by atoms with E-state index in [1.54, 1.807) is 6.20 Å². The molecule has 0 bridgehead atoms. The third kappa shape index (κ3) is 2.13. The van der Waals surface area contributed by atoms with Gasteiger partial charge in [-0.1, -0.05) is 12.1 Å². The zero-order valence-corrected chi connectivity index (χ0v) is 9.30. The van der Waals surface area contributed by atoms with Gasteiger partial charge in [-0.2, -0.15) is 5.10 Å². The summed E-state index contributed by atoms with van der Waals surface area (Å²) < 4.78 is 1.88. The summed E-state index contributed by atoms with van der Waals surface area (Å²) in [5, 5.41) is 7.38. The summed E-state index contributed by atoms with van der Waals surface area (Å²) in [6.07, 6.45) is 3.72. The highest BCUT2D eigenvalue weighted by Gasteiger charge is 2.00. The fourth-order valence-electron chi connectivity index (χ4n) is 1.76. The number of nitrogens with one attached hydrogen (secondary N) is 2. The van der Waals surface area contributed by atoms with E-state index in [1.807, 2.05) is 41.2 Å². The quantitative estimate of drug-likeness (QED) is 0.715. The lowest BCUT2D eigenvalue weighted by atomic mass is 10.3. The number of para-hydroxylation sites is 2. The highest BCUT2D eigenvalue weighted by atomic mass is 15.3. The van der Waals surface area contributed by atoms with Crippen LogP contribution in [0, 0.1) is 0 Å². The van der Waals surface area contributed by atoms with Gasteiger partial charge in [0.1, 0.15) is 0 Å². The van der Waals surface area contributed by atoms with Crippen molar-refractivity contribution in [1.82, 2.24) is 19.7 Å². The zero-order chi connectivity index (χ0) is 11.5. The predicted octanol–water partition coefficient (Wildman–Crippen LogP) is 1.87. The molecule has 0 amide bonds. The van der Waals surface area contributed by atoms with Crippen LogP contribution in [0.5, 0.6) is 0 Å². The SMILES string of the molecule is c1ccc2[nH]c(NCCn3cccn3)nc2c1. The van der Waals surface area contributed by atoms with Gasteiger partial charge >= 0.3 is 0 Å². The van der Waals surface area contributed by atoms with E-state index in [1.165, 1.54) is 0 Å². The first-order valence-corrected chi connectivity index (χ1v) is 5.58. The van der Waals surface area contributed by atoms with E-state index < -0.39 is 0 Å². The number of imidazole rings is 1. The molecule has 0 aliphatic rings. The smallest absolute Gasteiger partial charge is 0.201 e. The van der Waals surface area contributed by atoms with Crippen LogP contribution in [0.15, 0.2) is 42.7 Å². The normalized spacial score (nSPS) is 10.8. The van der Waals surface area contributed by atoms with Gasteiger partial charge in [0.25, 0.3) is 0 Å². The first kappa shape index (κ1) is 9.89. The van der Waals surface area contributed by atoms with Crippen molar-refractivity contribution < 1.29 is 0 Å². The van der Waals surface area contributed by atoms with E-state index in [-0.39, 0.29) is 0 Å². The van der Waals surface area contributed by atoms with Gasteiger partial charge in [0.15, 0.2) is 0 Å². The summed E-state index contributed by atoms with van der Waals surface area (Å²) in [6, 6.07) is 9.90. The summed E-state index contributed by atoms with van der Waals surface area (Å²) in [7, 11) is 0. The first-order valence-electron chi connectivity index (χ1n) is 5.58. The number of aromatic amines is 1. The number of rotatable bonds is 4. The highest BCUT2D eigenvalue weighted by molar-refractivity contribution is 5.77. The van der Waals surface area contributed by atoms with Crippen molar-refractivity contribution in [1.29, 1.82) is 0 Å². The van der Waals surface area contributed by atoms with Crippen molar-refractivity contribution >= 4 is 17.0 Å². The Balaban J connectivity index is 1.65. The number of fused-ring (bicyclic) bond motifs is 1. The topological polar surface area (TPSA) is 58.5 Å². The predicted molar refractivity (Wildman–Crippen MR) is 66.8 cm³/mol. The number of nitrogens with zero attached hydrogens (tertiary/aromatic N) is 3. The summed E-state index contributed by atoms with van der Waals surface area (Å²) >= 11 is 0. The second-order valence-corrected chi connectivity index (χ2v) is 3.80. The van der Waals surface area contributed by atoms with Crippen LogP contribution in [0.3, 0.4) is 0 Å². The molecule has 0 spiro atoms. The Morgan fingerprint density at radius 2 is 2.18 bits per heavy atom. The molecule has 0 aliphatic heterocycles. The van der Waals surface area contributed by atoms with Crippen LogP contribution in [0.4, 0.5) is 5.95 Å². The fraction of sp³-hybridized carbons (Fsp3) is 0.167. The number of aromatic nitrogens is 4. The minimum absolute atomic E-state index is 0.793. The summed E-state index contributed by atoms with van der Waals surface area (Å²) in [6.45, 7) is 1.62. The Kier molecular flexibility index (Phi) is 2.50. The van der Waals surface area contributed by atoms with Gasteiger partial charge in [0.05, 0.1) is 17.6 Å². The molecule has 1 aromatic carbocycles. The summed E-state index contributed by atoms with van der Waals surface area (Å²) in [5.41, 5.74) is 2.03. The maximum atomic E-state index is 4.44. The van der Waals surface area contributed by atoms with Crippen LogP contribution in [0.25, 0.3) is 11.0 Å². The molecule has 0 atom stereocenters. The minimum Gasteiger partial charge on any atom is -0.354 e. The molecule has 0 fully saturated rings. The first-order chi connectivity index (χ1) is 8.42. The Morgan fingerprint density at radius 1 is 1.24 bits per heavy atom. The molecule has 3 rings (SSSR count). The van der Waals surface area contributed by atoms with Crippen LogP contribution >= 0.6 is 0 Å². The molecule has 2 aromatic heterocycles. The number of H-pyrrole nitrogens is 1. The van der Waals surface area contributed by atoms with Gasteiger partial charge in [-0.15, -0.1) is 0 Å². The monoisotopic (exact) mass is 227 g/mol. The zero-order valence-electron chi connectivity index (χ0n) is 9.30. The number of benzene rings is 1. The van der Waals surface area contributed by atoms with E-state index in [4.69, 9.17) is 0 Å². The van der Waals surface area contributed by atoms with Gasteiger partial charge in [-0.25, -0.2) is 4.98 Å². The van der Waals surface area contributed by atoms with Crippen LogP contribution in [-0.4, -0.2) is 26.3 Å². The fourth-order valence-corrected chi connectivity index (χ4v) is 1.76. The lowest BCUT2D eigenvalue weighted by molar-refractivity contribution is 0.636. The van der Waals surface area contributed by atoms with Crippen molar-refractivity contribution in [3.8, 4) is 0 Å². The molecule has 0 saturated heterocycles. The second kappa shape index (κ2) is 4.29. The average molecular weight is 227 g/mol. The molecule has 0 aliphatic carbocycles. The molecule has 2 heterocycles. The van der Waals surface area contributed by atoms with E-state index in [0.717, 1.165) is 30.1 Å². The molecule has 2 N–H and O–H groups in total. The highest BCUT2D eigenvalue weighted by Crippen LogP contribution is 2.12. The standard InChI is InChI=1S/C12H13N5/c1-2-5-11-10(4-1)15-12(16-11)13-7-9-17-8-3-6-14-17/h1-6,8H,7,9H2,(H2,13,15,16). The van der Waals surface area contributed by atoms with Crippen LogP contribution in [0.2, 0.25) is 0 Å². The molecule has 5 nitrogen and oxygen atoms in total. The third-order valence-electron chi connectivity index (χ3n) is 2.58. The van der Waals surface area contributed by atoms with Crippen molar-refractivity contribution in [3.63, 3.8) is 0 Å². The van der Waals surface area contributed by atoms with Crippen molar-refractivity contribution in [2.75, 3.05) is 11.9 Å². The van der Waals surface area contributed by atoms with Crippen molar-refractivity contribution in [2.45, 2.75) is 6.54 Å². The van der Waals surface area contributed by atoms with Gasteiger partial charge in [0, 0.05) is 18.9 Å². The van der Waals surface area contributed by atoms with E-state index in [0.29, 0.717) is 0 Å². The van der Waals surface area contributed by atoms with E-state index in [9.17, 15) is 0 Å². The molecular formula is C12H13N5. The molecule has 0 unspecified atom stereocenters. The lowest BCUT2D eigenvalue weighted by Crippen LogP contribution is -2.11. The second-order valence-electron chi connectivity index (χ2n) is 3.80. The third-order valence-corrected chi connectivity index (χ3v) is 2.58. The van der Waals surface area contributed by atoms with Gasteiger partial charge in [-0.3, -0.25) is 4.68 Å². The number of hydrogen-bond donors (Lipinski definition) is 2. The van der Waals surface area contributed by atoms with Crippen molar-refractivity contribution in [3.05, 3.63) is 42.7 Å². The van der Waals surface area contributed by atoms with Crippen LogP contribution in [-0.2, 0) is 6.54 Å². The number of anilines is 1. The maximum Gasteiger partial charge on any atom is 0.201 e. The molecule has 5 heteroatoms. The molecule has 86 valence electrons. The molecular weight excluding hydrogens is 214 g/mol. The van der Waals surface area contributed by atoms with Crippen molar-refractivity contribution in [2.24, 2.45) is 0 Å². The van der Waals surface area contributed by atoms with Gasteiger partial charge < -0.3 is 10.3 Å². The Labute approximate surface area is 98.5 Å². The summed E-state index contributed by atoms with van der Waals surface area (Å²) in [5.74, 6) is 0.804. The molecule has 0 saturated carbocycles. The van der Waals surface area contributed by atoms with E-state index in [2.05, 4.69) is 20.4 Å². The Bertz CT molecular complexity index is 563. The number of hydrogen-bond acceptors (Lipinski definition) is 3.